The normalized spacial score (nSPS) is 18.0. The number of amides is 1. The maximum absolute atomic E-state index is 12.2. The molecule has 0 N–H and O–H groups in total. The first-order valence-electron chi connectivity index (χ1n) is 7.78. The van der Waals surface area contributed by atoms with E-state index in [0.717, 1.165) is 13.1 Å². The second-order valence-electron chi connectivity index (χ2n) is 5.87. The first-order chi connectivity index (χ1) is 10.8. The lowest BCUT2D eigenvalue weighted by atomic mass is 9.91. The Morgan fingerprint density at radius 2 is 1.59 bits per heavy atom. The number of likely N-dealkylation sites (tertiary alicyclic amines) is 1. The number of hydrogen-bond acceptors (Lipinski definition) is 1. The summed E-state index contributed by atoms with van der Waals surface area (Å²) in [6.45, 7) is 5.35. The number of carbonyl (C=O) groups is 1. The zero-order chi connectivity index (χ0) is 15.4. The van der Waals surface area contributed by atoms with E-state index in [1.54, 1.807) is 0 Å². The summed E-state index contributed by atoms with van der Waals surface area (Å²) >= 11 is 0. The van der Waals surface area contributed by atoms with E-state index in [9.17, 15) is 4.79 Å². The molecule has 1 heterocycles. The molecule has 22 heavy (non-hydrogen) atoms. The highest BCUT2D eigenvalue weighted by Crippen LogP contribution is 2.28. The number of rotatable bonds is 5. The molecule has 0 radical (unpaired) electrons. The van der Waals surface area contributed by atoms with Crippen molar-refractivity contribution < 1.29 is 4.79 Å². The third-order valence-corrected chi connectivity index (χ3v) is 4.38. The summed E-state index contributed by atoms with van der Waals surface area (Å²) in [5.41, 5.74) is 2.51. The maximum Gasteiger partial charge on any atom is 0.223 e. The summed E-state index contributed by atoms with van der Waals surface area (Å²) in [7, 11) is 0. The molecule has 2 aromatic rings. The zero-order valence-electron chi connectivity index (χ0n) is 12.7. The smallest absolute Gasteiger partial charge is 0.223 e. The van der Waals surface area contributed by atoms with E-state index < -0.39 is 0 Å². The van der Waals surface area contributed by atoms with Gasteiger partial charge >= 0.3 is 0 Å². The second-order valence-corrected chi connectivity index (χ2v) is 5.87. The van der Waals surface area contributed by atoms with Gasteiger partial charge in [-0.15, -0.1) is 6.58 Å². The fraction of sp³-hybridized carbons (Fsp3) is 0.250. The Balaban J connectivity index is 1.87. The predicted octanol–water partition coefficient (Wildman–Crippen LogP) is 3.85. The molecular formula is C20H21NO. The van der Waals surface area contributed by atoms with Gasteiger partial charge in [0.1, 0.15) is 0 Å². The molecule has 3 rings (SSSR count). The van der Waals surface area contributed by atoms with Crippen LogP contribution in [0, 0.1) is 5.92 Å². The second kappa shape index (κ2) is 6.61. The quantitative estimate of drug-likeness (QED) is 0.766. The van der Waals surface area contributed by atoms with Crippen LogP contribution in [0.5, 0.6) is 0 Å². The molecule has 1 aliphatic heterocycles. The molecule has 2 nitrogen and oxygen atoms in total. The molecule has 0 aliphatic carbocycles. The average Bonchev–Trinajstić information content (AvgIpc) is 2.94. The highest BCUT2D eigenvalue weighted by atomic mass is 16.2. The third kappa shape index (κ3) is 3.11. The first-order valence-corrected chi connectivity index (χ1v) is 7.78. The summed E-state index contributed by atoms with van der Waals surface area (Å²) in [6, 6.07) is 20.9. The van der Waals surface area contributed by atoms with Crippen LogP contribution in [0.25, 0.3) is 0 Å². The lowest BCUT2D eigenvalue weighted by Gasteiger charge is -2.25. The molecule has 1 fully saturated rings. The third-order valence-electron chi connectivity index (χ3n) is 4.38. The molecule has 1 atom stereocenters. The van der Waals surface area contributed by atoms with Gasteiger partial charge < -0.3 is 4.90 Å². The monoisotopic (exact) mass is 291 g/mol. The van der Waals surface area contributed by atoms with Gasteiger partial charge in [0.2, 0.25) is 5.91 Å². The SMILES string of the molecule is C=CC1CC(=O)N(CC(c2ccccc2)c2ccccc2)C1. The minimum absolute atomic E-state index is 0.218. The van der Waals surface area contributed by atoms with E-state index in [1.807, 2.05) is 23.1 Å². The Kier molecular flexibility index (Phi) is 4.38. The summed E-state index contributed by atoms with van der Waals surface area (Å²) in [6.07, 6.45) is 2.50. The van der Waals surface area contributed by atoms with Gasteiger partial charge in [0, 0.05) is 31.3 Å². The van der Waals surface area contributed by atoms with Crippen molar-refractivity contribution in [2.75, 3.05) is 13.1 Å². The van der Waals surface area contributed by atoms with Crippen molar-refractivity contribution in [2.24, 2.45) is 5.92 Å². The van der Waals surface area contributed by atoms with Gasteiger partial charge in [-0.05, 0) is 11.1 Å². The van der Waals surface area contributed by atoms with Crippen molar-refractivity contribution in [3.63, 3.8) is 0 Å². The van der Waals surface area contributed by atoms with Crippen LogP contribution < -0.4 is 0 Å². The zero-order valence-corrected chi connectivity index (χ0v) is 12.7. The minimum Gasteiger partial charge on any atom is -0.341 e. The molecule has 112 valence electrons. The fourth-order valence-electron chi connectivity index (χ4n) is 3.13. The van der Waals surface area contributed by atoms with E-state index in [4.69, 9.17) is 0 Å². The van der Waals surface area contributed by atoms with Crippen molar-refractivity contribution in [3.8, 4) is 0 Å². The molecule has 1 unspecified atom stereocenters. The van der Waals surface area contributed by atoms with Gasteiger partial charge in [-0.3, -0.25) is 4.79 Å². The van der Waals surface area contributed by atoms with Gasteiger partial charge in [0.05, 0.1) is 0 Å². The van der Waals surface area contributed by atoms with Crippen molar-refractivity contribution >= 4 is 5.91 Å². The number of nitrogens with zero attached hydrogens (tertiary/aromatic N) is 1. The van der Waals surface area contributed by atoms with Gasteiger partial charge in [-0.1, -0.05) is 66.7 Å². The largest absolute Gasteiger partial charge is 0.341 e. The molecule has 2 aromatic carbocycles. The first kappa shape index (κ1) is 14.6. The van der Waals surface area contributed by atoms with Crippen LogP contribution in [-0.2, 0) is 4.79 Å². The van der Waals surface area contributed by atoms with E-state index in [2.05, 4.69) is 55.1 Å². The number of hydrogen-bond donors (Lipinski definition) is 0. The van der Waals surface area contributed by atoms with E-state index in [1.165, 1.54) is 11.1 Å². The van der Waals surface area contributed by atoms with Crippen molar-refractivity contribution in [3.05, 3.63) is 84.4 Å². The standard InChI is InChI=1S/C20H21NO/c1-2-16-13-20(22)21(14-16)15-19(17-9-5-3-6-10-17)18-11-7-4-8-12-18/h2-12,16,19H,1,13-15H2. The summed E-state index contributed by atoms with van der Waals surface area (Å²) in [4.78, 5) is 14.2. The van der Waals surface area contributed by atoms with Crippen LogP contribution in [0.1, 0.15) is 23.5 Å². The molecular weight excluding hydrogens is 270 g/mol. The van der Waals surface area contributed by atoms with Crippen molar-refractivity contribution in [1.82, 2.24) is 4.90 Å². The lowest BCUT2D eigenvalue weighted by molar-refractivity contribution is -0.127. The van der Waals surface area contributed by atoms with Gasteiger partial charge in [0.25, 0.3) is 0 Å². The Labute approximate surface area is 132 Å². The predicted molar refractivity (Wildman–Crippen MR) is 89.6 cm³/mol. The number of benzene rings is 2. The van der Waals surface area contributed by atoms with E-state index in [-0.39, 0.29) is 11.8 Å². The Morgan fingerprint density at radius 1 is 1.05 bits per heavy atom. The molecule has 1 amide bonds. The van der Waals surface area contributed by atoms with Crippen LogP contribution in [0.3, 0.4) is 0 Å². The van der Waals surface area contributed by atoms with Gasteiger partial charge in [-0.25, -0.2) is 0 Å². The minimum atomic E-state index is 0.218. The van der Waals surface area contributed by atoms with Gasteiger partial charge in [-0.2, -0.15) is 0 Å². The number of carbonyl (C=O) groups excluding carboxylic acids is 1. The molecule has 0 spiro atoms. The van der Waals surface area contributed by atoms with Crippen molar-refractivity contribution in [2.45, 2.75) is 12.3 Å². The van der Waals surface area contributed by atoms with Crippen LogP contribution in [-0.4, -0.2) is 23.9 Å². The molecule has 1 aliphatic rings. The maximum atomic E-state index is 12.2. The topological polar surface area (TPSA) is 20.3 Å². The molecule has 0 saturated carbocycles. The van der Waals surface area contributed by atoms with Gasteiger partial charge in [0.15, 0.2) is 0 Å². The summed E-state index contributed by atoms with van der Waals surface area (Å²) in [5, 5.41) is 0. The molecule has 1 saturated heterocycles. The lowest BCUT2D eigenvalue weighted by Crippen LogP contribution is -2.30. The summed E-state index contributed by atoms with van der Waals surface area (Å²) in [5.74, 6) is 0.747. The Hall–Kier alpha value is -2.35. The van der Waals surface area contributed by atoms with Crippen molar-refractivity contribution in [1.29, 1.82) is 0 Å². The Morgan fingerprint density at radius 3 is 2.05 bits per heavy atom. The van der Waals surface area contributed by atoms with Crippen LogP contribution in [0.15, 0.2) is 73.3 Å². The van der Waals surface area contributed by atoms with Crippen LogP contribution >= 0.6 is 0 Å². The van der Waals surface area contributed by atoms with E-state index in [0.29, 0.717) is 12.3 Å². The highest BCUT2D eigenvalue weighted by Gasteiger charge is 2.30. The molecule has 0 aromatic heterocycles. The van der Waals surface area contributed by atoms with E-state index >= 15 is 0 Å². The summed E-state index contributed by atoms with van der Waals surface area (Å²) < 4.78 is 0. The fourth-order valence-corrected chi connectivity index (χ4v) is 3.13. The Bertz CT molecular complexity index is 596. The highest BCUT2D eigenvalue weighted by molar-refractivity contribution is 5.79. The average molecular weight is 291 g/mol. The van der Waals surface area contributed by atoms with Crippen LogP contribution in [0.4, 0.5) is 0 Å². The van der Waals surface area contributed by atoms with Crippen LogP contribution in [0.2, 0.25) is 0 Å². The molecule has 2 heteroatoms. The molecule has 0 bridgehead atoms.